The molecule has 0 aliphatic heterocycles. The van der Waals surface area contributed by atoms with E-state index in [1.807, 2.05) is 0 Å². The van der Waals surface area contributed by atoms with Crippen LogP contribution >= 0.6 is 11.6 Å². The van der Waals surface area contributed by atoms with Gasteiger partial charge in [0.25, 0.3) is 0 Å². The summed E-state index contributed by atoms with van der Waals surface area (Å²) >= 11 is 6.17. The van der Waals surface area contributed by atoms with Crippen molar-refractivity contribution in [2.45, 2.75) is 70.3 Å². The first-order valence-electron chi connectivity index (χ1n) is 7.14. The predicted molar refractivity (Wildman–Crippen MR) is 71.1 cm³/mol. The monoisotopic (exact) mass is 243 g/mol. The van der Waals surface area contributed by atoms with Crippen molar-refractivity contribution in [1.29, 1.82) is 0 Å². The zero-order valence-electron chi connectivity index (χ0n) is 10.4. The highest BCUT2D eigenvalue weighted by Gasteiger charge is 2.33. The molecule has 1 nitrogen and oxygen atoms in total. The number of rotatable bonds is 4. The van der Waals surface area contributed by atoms with Crippen molar-refractivity contribution in [1.82, 2.24) is 5.32 Å². The van der Waals surface area contributed by atoms with E-state index in [1.165, 1.54) is 70.8 Å². The molecular formula is C14H26ClN. The van der Waals surface area contributed by atoms with Crippen LogP contribution in [0, 0.1) is 5.41 Å². The molecule has 2 rings (SSSR count). The van der Waals surface area contributed by atoms with Gasteiger partial charge in [0.1, 0.15) is 0 Å². The van der Waals surface area contributed by atoms with Crippen molar-refractivity contribution in [3.63, 3.8) is 0 Å². The van der Waals surface area contributed by atoms with Gasteiger partial charge in [0, 0.05) is 18.5 Å². The Kier molecular flexibility index (Phi) is 4.97. The highest BCUT2D eigenvalue weighted by atomic mass is 35.5. The quantitative estimate of drug-likeness (QED) is 0.579. The molecule has 0 radical (unpaired) electrons. The van der Waals surface area contributed by atoms with Crippen LogP contribution in [0.3, 0.4) is 0 Å². The van der Waals surface area contributed by atoms with E-state index in [2.05, 4.69) is 5.32 Å². The molecule has 0 aromatic carbocycles. The van der Waals surface area contributed by atoms with Gasteiger partial charge in [0.05, 0.1) is 0 Å². The van der Waals surface area contributed by atoms with Crippen molar-refractivity contribution in [2.24, 2.45) is 5.41 Å². The standard InChI is InChI=1S/C14H26ClN/c15-11-14(9-5-6-10-14)12-16-13-7-3-1-2-4-8-13/h13,16H,1-12H2. The van der Waals surface area contributed by atoms with E-state index >= 15 is 0 Å². The molecule has 0 saturated heterocycles. The van der Waals surface area contributed by atoms with Gasteiger partial charge in [0.2, 0.25) is 0 Å². The molecule has 1 N–H and O–H groups in total. The molecule has 0 aromatic rings. The number of hydrogen-bond acceptors (Lipinski definition) is 1. The summed E-state index contributed by atoms with van der Waals surface area (Å²) in [5.74, 6) is 0.854. The summed E-state index contributed by atoms with van der Waals surface area (Å²) in [5.41, 5.74) is 0.438. The molecule has 94 valence electrons. The van der Waals surface area contributed by atoms with Gasteiger partial charge in [-0.05, 0) is 31.1 Å². The second-order valence-corrected chi connectivity index (χ2v) is 6.18. The largest absolute Gasteiger partial charge is 0.313 e. The zero-order valence-corrected chi connectivity index (χ0v) is 11.2. The van der Waals surface area contributed by atoms with E-state index in [-0.39, 0.29) is 0 Å². The van der Waals surface area contributed by atoms with E-state index in [0.717, 1.165) is 11.9 Å². The fraction of sp³-hybridized carbons (Fsp3) is 1.00. The second kappa shape index (κ2) is 6.26. The molecule has 0 bridgehead atoms. The Labute approximate surface area is 105 Å². The van der Waals surface area contributed by atoms with Gasteiger partial charge in [-0.1, -0.05) is 38.5 Å². The molecule has 2 aliphatic carbocycles. The average Bonchev–Trinajstić information content (AvgIpc) is 2.63. The zero-order chi connectivity index (χ0) is 11.3. The van der Waals surface area contributed by atoms with Crippen LogP contribution < -0.4 is 5.32 Å². The maximum atomic E-state index is 6.17. The third kappa shape index (κ3) is 3.37. The van der Waals surface area contributed by atoms with Crippen LogP contribution in [0.5, 0.6) is 0 Å². The molecule has 0 aromatic heterocycles. The van der Waals surface area contributed by atoms with Crippen molar-refractivity contribution < 1.29 is 0 Å². The first kappa shape index (κ1) is 12.7. The molecule has 16 heavy (non-hydrogen) atoms. The lowest BCUT2D eigenvalue weighted by Crippen LogP contribution is -2.39. The van der Waals surface area contributed by atoms with Gasteiger partial charge >= 0.3 is 0 Å². The summed E-state index contributed by atoms with van der Waals surface area (Å²) < 4.78 is 0. The van der Waals surface area contributed by atoms with Gasteiger partial charge in [-0.25, -0.2) is 0 Å². The molecule has 2 fully saturated rings. The topological polar surface area (TPSA) is 12.0 Å². The SMILES string of the molecule is ClCC1(CNC2CCCCCC2)CCCC1. The van der Waals surface area contributed by atoms with Gasteiger partial charge in [-0.2, -0.15) is 0 Å². The fourth-order valence-corrected chi connectivity index (χ4v) is 3.69. The maximum absolute atomic E-state index is 6.17. The second-order valence-electron chi connectivity index (χ2n) is 5.91. The number of alkyl halides is 1. The molecule has 0 spiro atoms. The normalized spacial score (nSPS) is 26.8. The van der Waals surface area contributed by atoms with Gasteiger partial charge in [-0.3, -0.25) is 0 Å². The molecular weight excluding hydrogens is 218 g/mol. The summed E-state index contributed by atoms with van der Waals surface area (Å²) in [6.07, 6.45) is 14.0. The van der Waals surface area contributed by atoms with Gasteiger partial charge in [0.15, 0.2) is 0 Å². The summed E-state index contributed by atoms with van der Waals surface area (Å²) in [5, 5.41) is 3.81. The number of halogens is 1. The highest BCUT2D eigenvalue weighted by molar-refractivity contribution is 6.18. The molecule has 0 heterocycles. The Balaban J connectivity index is 1.76. The summed E-state index contributed by atoms with van der Waals surface area (Å²) in [6, 6.07) is 0.781. The van der Waals surface area contributed by atoms with Crippen LogP contribution in [0.25, 0.3) is 0 Å². The molecule has 0 unspecified atom stereocenters. The predicted octanol–water partition coefficient (Wildman–Crippen LogP) is 4.10. The lowest BCUT2D eigenvalue weighted by Gasteiger charge is -2.29. The number of hydrogen-bond donors (Lipinski definition) is 1. The number of nitrogens with one attached hydrogen (secondary N) is 1. The summed E-state index contributed by atoms with van der Waals surface area (Å²) in [6.45, 7) is 1.17. The van der Waals surface area contributed by atoms with Crippen LogP contribution in [0.2, 0.25) is 0 Å². The van der Waals surface area contributed by atoms with Crippen LogP contribution in [0.4, 0.5) is 0 Å². The lowest BCUT2D eigenvalue weighted by molar-refractivity contribution is 0.293. The minimum Gasteiger partial charge on any atom is -0.313 e. The third-order valence-electron chi connectivity index (χ3n) is 4.57. The first-order chi connectivity index (χ1) is 7.85. The van der Waals surface area contributed by atoms with Crippen molar-refractivity contribution >= 4 is 11.6 Å². The Morgan fingerprint density at radius 1 is 0.938 bits per heavy atom. The van der Waals surface area contributed by atoms with Crippen LogP contribution in [0.15, 0.2) is 0 Å². The van der Waals surface area contributed by atoms with Gasteiger partial charge in [-0.15, -0.1) is 11.6 Å². The van der Waals surface area contributed by atoms with E-state index in [0.29, 0.717) is 5.41 Å². The molecule has 2 heteroatoms. The van der Waals surface area contributed by atoms with Crippen LogP contribution in [-0.4, -0.2) is 18.5 Å². The maximum Gasteiger partial charge on any atom is 0.0292 e. The van der Waals surface area contributed by atoms with Crippen molar-refractivity contribution in [3.05, 3.63) is 0 Å². The Morgan fingerprint density at radius 3 is 2.12 bits per heavy atom. The smallest absolute Gasteiger partial charge is 0.0292 e. The van der Waals surface area contributed by atoms with E-state index < -0.39 is 0 Å². The minimum atomic E-state index is 0.438. The van der Waals surface area contributed by atoms with E-state index in [9.17, 15) is 0 Å². The van der Waals surface area contributed by atoms with Crippen LogP contribution in [0.1, 0.15) is 64.2 Å². The average molecular weight is 244 g/mol. The summed E-state index contributed by atoms with van der Waals surface area (Å²) in [7, 11) is 0. The Bertz CT molecular complexity index is 191. The minimum absolute atomic E-state index is 0.438. The summed E-state index contributed by atoms with van der Waals surface area (Å²) in [4.78, 5) is 0. The van der Waals surface area contributed by atoms with E-state index in [4.69, 9.17) is 11.6 Å². The molecule has 0 atom stereocenters. The molecule has 2 aliphatic rings. The van der Waals surface area contributed by atoms with Gasteiger partial charge < -0.3 is 5.32 Å². The first-order valence-corrected chi connectivity index (χ1v) is 7.67. The Morgan fingerprint density at radius 2 is 1.56 bits per heavy atom. The Hall–Kier alpha value is 0.250. The van der Waals surface area contributed by atoms with E-state index in [1.54, 1.807) is 0 Å². The fourth-order valence-electron chi connectivity index (χ4n) is 3.33. The highest BCUT2D eigenvalue weighted by Crippen LogP contribution is 2.38. The molecule has 0 amide bonds. The molecule has 2 saturated carbocycles. The van der Waals surface area contributed by atoms with Crippen molar-refractivity contribution in [3.8, 4) is 0 Å². The van der Waals surface area contributed by atoms with Crippen LogP contribution in [-0.2, 0) is 0 Å². The van der Waals surface area contributed by atoms with Crippen molar-refractivity contribution in [2.75, 3.05) is 12.4 Å². The third-order valence-corrected chi connectivity index (χ3v) is 5.14. The lowest BCUT2D eigenvalue weighted by atomic mass is 9.88.